The Kier molecular flexibility index (Phi) is 6.89. The average Bonchev–Trinajstić information content (AvgIpc) is 2.75. The second-order valence-corrected chi connectivity index (χ2v) is 8.33. The van der Waals surface area contributed by atoms with Crippen molar-refractivity contribution in [3.05, 3.63) is 106 Å². The van der Waals surface area contributed by atoms with Gasteiger partial charge >= 0.3 is 0 Å². The third kappa shape index (κ3) is 5.21. The summed E-state index contributed by atoms with van der Waals surface area (Å²) in [5.41, 5.74) is 3.29. The SMILES string of the molecule is Clc1ccccc1C(OC1CCN(Cc2ccccc2)CC1)c1ccccc1Cl. The van der Waals surface area contributed by atoms with Crippen LogP contribution in [0.2, 0.25) is 10.0 Å². The molecule has 0 radical (unpaired) electrons. The fourth-order valence-corrected chi connectivity index (χ4v) is 4.40. The number of hydrogen-bond acceptors (Lipinski definition) is 2. The van der Waals surface area contributed by atoms with Crippen molar-refractivity contribution in [3.63, 3.8) is 0 Å². The van der Waals surface area contributed by atoms with E-state index >= 15 is 0 Å². The highest BCUT2D eigenvalue weighted by Crippen LogP contribution is 2.37. The minimum atomic E-state index is -0.261. The molecule has 0 N–H and O–H groups in total. The van der Waals surface area contributed by atoms with Crippen LogP contribution in [0.5, 0.6) is 0 Å². The summed E-state index contributed by atoms with van der Waals surface area (Å²) in [7, 11) is 0. The van der Waals surface area contributed by atoms with E-state index in [4.69, 9.17) is 27.9 Å². The molecular weight excluding hydrogens is 401 g/mol. The largest absolute Gasteiger partial charge is 0.365 e. The highest BCUT2D eigenvalue weighted by molar-refractivity contribution is 6.32. The van der Waals surface area contributed by atoms with Gasteiger partial charge < -0.3 is 4.74 Å². The van der Waals surface area contributed by atoms with Gasteiger partial charge in [-0.15, -0.1) is 0 Å². The van der Waals surface area contributed by atoms with Crippen LogP contribution in [0, 0.1) is 0 Å². The summed E-state index contributed by atoms with van der Waals surface area (Å²) in [5.74, 6) is 0. The average molecular weight is 426 g/mol. The lowest BCUT2D eigenvalue weighted by Gasteiger charge is -2.34. The van der Waals surface area contributed by atoms with E-state index in [0.29, 0.717) is 10.0 Å². The van der Waals surface area contributed by atoms with Crippen LogP contribution in [0.3, 0.4) is 0 Å². The highest BCUT2D eigenvalue weighted by atomic mass is 35.5. The Morgan fingerprint density at radius 3 is 1.83 bits per heavy atom. The van der Waals surface area contributed by atoms with E-state index in [-0.39, 0.29) is 12.2 Å². The zero-order valence-electron chi connectivity index (χ0n) is 16.3. The van der Waals surface area contributed by atoms with E-state index in [0.717, 1.165) is 43.6 Å². The van der Waals surface area contributed by atoms with Crippen LogP contribution in [0.25, 0.3) is 0 Å². The summed E-state index contributed by atoms with van der Waals surface area (Å²) in [6, 6.07) is 26.4. The van der Waals surface area contributed by atoms with Gasteiger partial charge in [-0.2, -0.15) is 0 Å². The second-order valence-electron chi connectivity index (χ2n) is 7.52. The van der Waals surface area contributed by atoms with Gasteiger partial charge in [0.2, 0.25) is 0 Å². The maximum absolute atomic E-state index is 6.63. The van der Waals surface area contributed by atoms with E-state index in [1.165, 1.54) is 5.56 Å². The molecule has 1 saturated heterocycles. The van der Waals surface area contributed by atoms with Gasteiger partial charge in [-0.25, -0.2) is 0 Å². The molecule has 4 rings (SSSR count). The molecule has 3 aromatic carbocycles. The van der Waals surface area contributed by atoms with E-state index in [1.807, 2.05) is 48.5 Å². The first-order valence-electron chi connectivity index (χ1n) is 10.1. The molecule has 1 heterocycles. The summed E-state index contributed by atoms with van der Waals surface area (Å²) in [5, 5.41) is 1.41. The van der Waals surface area contributed by atoms with Crippen molar-refractivity contribution >= 4 is 23.2 Å². The zero-order valence-corrected chi connectivity index (χ0v) is 17.8. The van der Waals surface area contributed by atoms with Crippen LogP contribution in [0.1, 0.15) is 35.6 Å². The molecule has 0 saturated carbocycles. The number of ether oxygens (including phenoxy) is 1. The molecule has 0 amide bonds. The molecule has 2 nitrogen and oxygen atoms in total. The first-order valence-corrected chi connectivity index (χ1v) is 10.9. The lowest BCUT2D eigenvalue weighted by Crippen LogP contribution is -2.37. The fourth-order valence-electron chi connectivity index (χ4n) is 3.93. The van der Waals surface area contributed by atoms with Gasteiger partial charge in [-0.05, 0) is 30.5 Å². The molecule has 1 fully saturated rings. The predicted octanol–water partition coefficient (Wildman–Crippen LogP) is 6.76. The summed E-state index contributed by atoms with van der Waals surface area (Å²) in [6.45, 7) is 3.04. The molecule has 1 aliphatic rings. The zero-order chi connectivity index (χ0) is 20.1. The molecule has 1 aliphatic heterocycles. The minimum absolute atomic E-state index is 0.180. The van der Waals surface area contributed by atoms with Crippen LogP contribution in [0.15, 0.2) is 78.9 Å². The van der Waals surface area contributed by atoms with Gasteiger partial charge in [0.05, 0.1) is 6.10 Å². The second kappa shape index (κ2) is 9.77. The maximum atomic E-state index is 6.63. The Balaban J connectivity index is 1.46. The van der Waals surface area contributed by atoms with Gasteiger partial charge in [0.25, 0.3) is 0 Å². The quantitative estimate of drug-likeness (QED) is 0.432. The molecule has 0 aliphatic carbocycles. The van der Waals surface area contributed by atoms with Crippen molar-refractivity contribution in [1.29, 1.82) is 0 Å². The molecule has 29 heavy (non-hydrogen) atoms. The third-order valence-electron chi connectivity index (χ3n) is 5.49. The first-order chi connectivity index (χ1) is 14.2. The molecule has 0 unspecified atom stereocenters. The van der Waals surface area contributed by atoms with Gasteiger partial charge in [0.15, 0.2) is 0 Å². The van der Waals surface area contributed by atoms with Crippen LogP contribution >= 0.6 is 23.2 Å². The highest BCUT2D eigenvalue weighted by Gasteiger charge is 2.27. The molecule has 4 heteroatoms. The summed E-state index contributed by atoms with van der Waals surface area (Å²) in [4.78, 5) is 2.50. The number of hydrogen-bond donors (Lipinski definition) is 0. The number of halogens is 2. The van der Waals surface area contributed by atoms with E-state index in [1.54, 1.807) is 0 Å². The topological polar surface area (TPSA) is 12.5 Å². The molecule has 0 atom stereocenters. The molecule has 0 spiro atoms. The Bertz CT molecular complexity index is 877. The fraction of sp³-hybridized carbons (Fsp3) is 0.280. The van der Waals surface area contributed by atoms with Crippen LogP contribution < -0.4 is 0 Å². The Morgan fingerprint density at radius 1 is 0.759 bits per heavy atom. The first kappa shape index (κ1) is 20.4. The summed E-state index contributed by atoms with van der Waals surface area (Å²) < 4.78 is 6.63. The Morgan fingerprint density at radius 2 is 1.28 bits per heavy atom. The van der Waals surface area contributed by atoms with Crippen molar-refractivity contribution in [2.45, 2.75) is 31.6 Å². The van der Waals surface area contributed by atoms with Crippen molar-refractivity contribution < 1.29 is 4.74 Å². The summed E-state index contributed by atoms with van der Waals surface area (Å²) in [6.07, 6.45) is 1.92. The van der Waals surface area contributed by atoms with Crippen LogP contribution in [-0.2, 0) is 11.3 Å². The number of rotatable bonds is 6. The van der Waals surface area contributed by atoms with Crippen LogP contribution in [-0.4, -0.2) is 24.1 Å². The predicted molar refractivity (Wildman–Crippen MR) is 121 cm³/mol. The molecule has 0 bridgehead atoms. The minimum Gasteiger partial charge on any atom is -0.365 e. The molecule has 3 aromatic rings. The third-order valence-corrected chi connectivity index (χ3v) is 6.18. The van der Waals surface area contributed by atoms with Gasteiger partial charge in [-0.3, -0.25) is 4.90 Å². The van der Waals surface area contributed by atoms with Gasteiger partial charge in [0, 0.05) is 40.8 Å². The Labute approximate surface area is 183 Å². The van der Waals surface area contributed by atoms with Crippen molar-refractivity contribution in [2.75, 3.05) is 13.1 Å². The van der Waals surface area contributed by atoms with Crippen molar-refractivity contribution in [1.82, 2.24) is 4.90 Å². The van der Waals surface area contributed by atoms with Gasteiger partial charge in [0.1, 0.15) is 6.10 Å². The standard InChI is InChI=1S/C25H25Cl2NO/c26-23-12-6-4-10-21(23)25(22-11-5-7-13-24(22)27)29-20-14-16-28(17-15-20)18-19-8-2-1-3-9-19/h1-13,20,25H,14-18H2. The van der Waals surface area contributed by atoms with Crippen molar-refractivity contribution in [2.24, 2.45) is 0 Å². The molecular formula is C25H25Cl2NO. The number of nitrogens with zero attached hydrogens (tertiary/aromatic N) is 1. The lowest BCUT2D eigenvalue weighted by molar-refractivity contribution is -0.0280. The number of piperidine rings is 1. The van der Waals surface area contributed by atoms with Crippen LogP contribution in [0.4, 0.5) is 0 Å². The lowest BCUT2D eigenvalue weighted by atomic mass is 9.99. The van der Waals surface area contributed by atoms with Gasteiger partial charge in [-0.1, -0.05) is 89.9 Å². The normalized spacial score (nSPS) is 15.7. The van der Waals surface area contributed by atoms with E-state index < -0.39 is 0 Å². The molecule has 150 valence electrons. The monoisotopic (exact) mass is 425 g/mol. The Hall–Kier alpha value is -1.84. The number of likely N-dealkylation sites (tertiary alicyclic amines) is 1. The van der Waals surface area contributed by atoms with Crippen molar-refractivity contribution in [3.8, 4) is 0 Å². The smallest absolute Gasteiger partial charge is 0.111 e. The van der Waals surface area contributed by atoms with E-state index in [9.17, 15) is 0 Å². The van der Waals surface area contributed by atoms with E-state index in [2.05, 4.69) is 35.2 Å². The number of benzene rings is 3. The maximum Gasteiger partial charge on any atom is 0.111 e. The molecule has 0 aromatic heterocycles. The summed E-state index contributed by atoms with van der Waals surface area (Å²) >= 11 is 13.0.